The first-order valence-electron chi connectivity index (χ1n) is 5.96. The van der Waals surface area contributed by atoms with E-state index in [1.807, 2.05) is 0 Å². The van der Waals surface area contributed by atoms with Crippen LogP contribution in [0.15, 0.2) is 0 Å². The average Bonchev–Trinajstić information content (AvgIpc) is 2.65. The van der Waals surface area contributed by atoms with Gasteiger partial charge in [-0.2, -0.15) is 0 Å². The van der Waals surface area contributed by atoms with Crippen molar-refractivity contribution in [1.82, 2.24) is 0 Å². The molecule has 0 N–H and O–H groups in total. The van der Waals surface area contributed by atoms with Crippen LogP contribution in [0.4, 0.5) is 0 Å². The zero-order valence-corrected chi connectivity index (χ0v) is 11.2. The van der Waals surface area contributed by atoms with Crippen LogP contribution in [0.25, 0.3) is 0 Å². The second-order valence-corrected chi connectivity index (χ2v) is 5.53. The van der Waals surface area contributed by atoms with Gasteiger partial charge >= 0.3 is 5.97 Å². The molecular weight excluding hydrogens is 223 g/mol. The molecule has 3 nitrogen and oxygen atoms in total. The Balaban J connectivity index is 2.26. The standard InChI is InChI=1S/C12H21O3P/c1-8(2)5-6-15-11(13)9-3-4-10(7-9)12(14)16/h8-10H,3-7,16H2,1-2H3. The Morgan fingerprint density at radius 1 is 1.31 bits per heavy atom. The molecule has 0 heterocycles. The fourth-order valence-electron chi connectivity index (χ4n) is 1.97. The van der Waals surface area contributed by atoms with E-state index >= 15 is 0 Å². The Morgan fingerprint density at radius 3 is 2.44 bits per heavy atom. The van der Waals surface area contributed by atoms with Crippen molar-refractivity contribution in [3.63, 3.8) is 0 Å². The summed E-state index contributed by atoms with van der Waals surface area (Å²) in [7, 11) is 2.21. The van der Waals surface area contributed by atoms with Gasteiger partial charge in [0.25, 0.3) is 0 Å². The summed E-state index contributed by atoms with van der Waals surface area (Å²) in [6.45, 7) is 4.71. The van der Waals surface area contributed by atoms with Crippen molar-refractivity contribution < 1.29 is 14.3 Å². The third-order valence-electron chi connectivity index (χ3n) is 3.11. The molecule has 1 rings (SSSR count). The molecule has 0 aromatic rings. The first-order chi connectivity index (χ1) is 7.50. The summed E-state index contributed by atoms with van der Waals surface area (Å²) in [6.07, 6.45) is 3.20. The first kappa shape index (κ1) is 13.6. The molecule has 0 radical (unpaired) electrons. The zero-order chi connectivity index (χ0) is 12.1. The van der Waals surface area contributed by atoms with Crippen LogP contribution in [-0.2, 0) is 14.3 Å². The lowest BCUT2D eigenvalue weighted by Crippen LogP contribution is -2.17. The van der Waals surface area contributed by atoms with Crippen LogP contribution >= 0.6 is 9.24 Å². The maximum Gasteiger partial charge on any atom is 0.308 e. The van der Waals surface area contributed by atoms with Crippen molar-refractivity contribution >= 4 is 20.7 Å². The van der Waals surface area contributed by atoms with Gasteiger partial charge in [0.15, 0.2) is 5.52 Å². The van der Waals surface area contributed by atoms with E-state index in [1.165, 1.54) is 0 Å². The van der Waals surface area contributed by atoms with E-state index in [0.29, 0.717) is 18.9 Å². The number of carbonyl (C=O) groups excluding carboxylic acids is 2. The van der Waals surface area contributed by atoms with Gasteiger partial charge in [-0.25, -0.2) is 0 Å². The predicted molar refractivity (Wildman–Crippen MR) is 66.0 cm³/mol. The van der Waals surface area contributed by atoms with Crippen molar-refractivity contribution in [2.75, 3.05) is 6.61 Å². The number of carbonyl (C=O) groups is 2. The molecule has 0 aromatic heterocycles. The molecule has 1 fully saturated rings. The Bertz CT molecular complexity index is 263. The number of esters is 1. The minimum Gasteiger partial charge on any atom is -0.465 e. The van der Waals surface area contributed by atoms with Gasteiger partial charge in [-0.15, -0.1) is 0 Å². The van der Waals surface area contributed by atoms with Crippen LogP contribution in [0.5, 0.6) is 0 Å². The fourth-order valence-corrected chi connectivity index (χ4v) is 2.27. The van der Waals surface area contributed by atoms with Gasteiger partial charge in [0, 0.05) is 5.92 Å². The van der Waals surface area contributed by atoms with Crippen molar-refractivity contribution in [2.45, 2.75) is 39.5 Å². The van der Waals surface area contributed by atoms with E-state index in [1.54, 1.807) is 0 Å². The first-order valence-corrected chi connectivity index (χ1v) is 6.54. The minimum absolute atomic E-state index is 0.0487. The molecule has 0 aliphatic heterocycles. The molecule has 0 bridgehead atoms. The highest BCUT2D eigenvalue weighted by Gasteiger charge is 2.33. The van der Waals surface area contributed by atoms with Gasteiger partial charge in [-0.3, -0.25) is 9.59 Å². The van der Waals surface area contributed by atoms with E-state index in [0.717, 1.165) is 19.3 Å². The van der Waals surface area contributed by atoms with Gasteiger partial charge in [0.1, 0.15) is 0 Å². The smallest absolute Gasteiger partial charge is 0.308 e. The summed E-state index contributed by atoms with van der Waals surface area (Å²) < 4.78 is 5.21. The summed E-state index contributed by atoms with van der Waals surface area (Å²) in [6, 6.07) is 0. The van der Waals surface area contributed by atoms with Crippen LogP contribution in [0, 0.1) is 17.8 Å². The lowest BCUT2D eigenvalue weighted by molar-refractivity contribution is -0.148. The van der Waals surface area contributed by atoms with E-state index in [4.69, 9.17) is 4.74 Å². The SMILES string of the molecule is CC(C)CCOC(=O)C1CCC(C(=O)P)C1. The Kier molecular flexibility index (Phi) is 5.40. The molecule has 1 saturated carbocycles. The van der Waals surface area contributed by atoms with E-state index < -0.39 is 0 Å². The molecular formula is C12H21O3P. The maximum absolute atomic E-state index is 11.7. The predicted octanol–water partition coefficient (Wildman–Crippen LogP) is 2.39. The van der Waals surface area contributed by atoms with Crippen LogP contribution in [-0.4, -0.2) is 18.1 Å². The van der Waals surface area contributed by atoms with Gasteiger partial charge in [-0.05, 0) is 31.6 Å². The summed E-state index contributed by atoms with van der Waals surface area (Å²) in [4.78, 5) is 22.8. The maximum atomic E-state index is 11.7. The van der Waals surface area contributed by atoms with Crippen LogP contribution < -0.4 is 0 Å². The molecule has 1 aliphatic rings. The average molecular weight is 244 g/mol. The third-order valence-corrected chi connectivity index (χ3v) is 3.58. The van der Waals surface area contributed by atoms with Gasteiger partial charge in [0.2, 0.25) is 0 Å². The third kappa shape index (κ3) is 4.21. The summed E-state index contributed by atoms with van der Waals surface area (Å²) in [5.74, 6) is 0.432. The summed E-state index contributed by atoms with van der Waals surface area (Å²) in [5, 5.41) is 0. The van der Waals surface area contributed by atoms with Gasteiger partial charge in [0.05, 0.1) is 12.5 Å². The normalized spacial score (nSPS) is 24.8. The Hall–Kier alpha value is -0.430. The molecule has 0 aromatic carbocycles. The van der Waals surface area contributed by atoms with Crippen molar-refractivity contribution in [2.24, 2.45) is 17.8 Å². The second-order valence-electron chi connectivity index (χ2n) is 4.96. The fraction of sp³-hybridized carbons (Fsp3) is 0.833. The molecule has 16 heavy (non-hydrogen) atoms. The topological polar surface area (TPSA) is 43.4 Å². The molecule has 4 heteroatoms. The Labute approximate surface area is 99.5 Å². The summed E-state index contributed by atoms with van der Waals surface area (Å²) >= 11 is 0. The highest BCUT2D eigenvalue weighted by Crippen LogP contribution is 2.33. The van der Waals surface area contributed by atoms with Crippen LogP contribution in [0.2, 0.25) is 0 Å². The lowest BCUT2D eigenvalue weighted by Gasteiger charge is -2.11. The molecule has 3 unspecified atom stereocenters. The number of rotatable bonds is 5. The van der Waals surface area contributed by atoms with E-state index in [2.05, 4.69) is 23.1 Å². The molecule has 1 aliphatic carbocycles. The second kappa shape index (κ2) is 6.34. The number of hydrogen-bond acceptors (Lipinski definition) is 3. The molecule has 92 valence electrons. The highest BCUT2D eigenvalue weighted by atomic mass is 31.0. The van der Waals surface area contributed by atoms with Crippen LogP contribution in [0.3, 0.4) is 0 Å². The van der Waals surface area contributed by atoms with Crippen molar-refractivity contribution in [1.29, 1.82) is 0 Å². The molecule has 0 saturated heterocycles. The van der Waals surface area contributed by atoms with Gasteiger partial charge < -0.3 is 4.74 Å². The highest BCUT2D eigenvalue weighted by molar-refractivity contribution is 7.40. The monoisotopic (exact) mass is 244 g/mol. The molecule has 3 atom stereocenters. The molecule has 0 amide bonds. The zero-order valence-electron chi connectivity index (χ0n) is 10.1. The minimum atomic E-state index is -0.116. The van der Waals surface area contributed by atoms with E-state index in [-0.39, 0.29) is 23.3 Å². The number of ether oxygens (including phenoxy) is 1. The van der Waals surface area contributed by atoms with Crippen LogP contribution in [0.1, 0.15) is 39.5 Å². The van der Waals surface area contributed by atoms with E-state index in [9.17, 15) is 9.59 Å². The summed E-state index contributed by atoms with van der Waals surface area (Å²) in [5.41, 5.74) is 0.123. The largest absolute Gasteiger partial charge is 0.465 e. The lowest BCUT2D eigenvalue weighted by atomic mass is 10.1. The Morgan fingerprint density at radius 2 is 1.94 bits per heavy atom. The van der Waals surface area contributed by atoms with Crippen molar-refractivity contribution in [3.05, 3.63) is 0 Å². The molecule has 0 spiro atoms. The quantitative estimate of drug-likeness (QED) is 0.551. The number of hydrogen-bond donors (Lipinski definition) is 0. The van der Waals surface area contributed by atoms with Crippen molar-refractivity contribution in [3.8, 4) is 0 Å². The van der Waals surface area contributed by atoms with Gasteiger partial charge in [-0.1, -0.05) is 23.1 Å².